The molecule has 2 fully saturated rings. The summed E-state index contributed by atoms with van der Waals surface area (Å²) in [5.74, 6) is 0.608. The minimum atomic E-state index is -0.742. The first kappa shape index (κ1) is 19.2. The summed E-state index contributed by atoms with van der Waals surface area (Å²) in [7, 11) is 0. The molecule has 149 valence electrons. The van der Waals surface area contributed by atoms with Gasteiger partial charge in [0, 0.05) is 0 Å². The topological polar surface area (TPSA) is 9.23 Å². The molecule has 1 aromatic rings. The Morgan fingerprint density at radius 3 is 2.33 bits per heavy atom. The normalized spacial score (nSPS) is 29.2. The van der Waals surface area contributed by atoms with E-state index in [1.807, 2.05) is 6.07 Å². The van der Waals surface area contributed by atoms with E-state index in [1.165, 1.54) is 38.5 Å². The van der Waals surface area contributed by atoms with Gasteiger partial charge in [0.15, 0.2) is 11.6 Å². The highest BCUT2D eigenvalue weighted by molar-refractivity contribution is 5.42. The fraction of sp³-hybridized carbons (Fsp3) is 0.708. The number of halogens is 2. The van der Waals surface area contributed by atoms with Crippen molar-refractivity contribution >= 4 is 0 Å². The number of aryl methyl sites for hydroxylation is 1. The molecule has 1 aliphatic heterocycles. The third kappa shape index (κ3) is 4.03. The molecule has 0 saturated heterocycles. The monoisotopic (exact) mass is 375 g/mol. The summed E-state index contributed by atoms with van der Waals surface area (Å²) < 4.78 is 35.5. The summed E-state index contributed by atoms with van der Waals surface area (Å²) in [6.07, 6.45) is 15.6. The molecule has 1 heterocycles. The second-order valence-corrected chi connectivity index (χ2v) is 8.96. The number of fused-ring (bicyclic) bond motifs is 1. The van der Waals surface area contributed by atoms with Crippen LogP contribution >= 0.6 is 0 Å². The van der Waals surface area contributed by atoms with Gasteiger partial charge >= 0.3 is 0 Å². The van der Waals surface area contributed by atoms with E-state index in [9.17, 15) is 8.78 Å². The van der Waals surface area contributed by atoms with Crippen LogP contribution in [0.4, 0.5) is 8.78 Å². The minimum absolute atomic E-state index is 0.0328. The first-order valence-electron chi connectivity index (χ1n) is 11.2. The molecule has 3 aliphatic rings. The van der Waals surface area contributed by atoms with Gasteiger partial charge in [0.1, 0.15) is 0 Å². The van der Waals surface area contributed by atoms with E-state index in [1.54, 1.807) is 0 Å². The SMILES string of the molecule is CCCC1CCc2cc(C3CCC(C4CC[CH]CC4)CC3)c(F)c(F)c2O1. The Balaban J connectivity index is 1.46. The molecule has 2 aliphatic carbocycles. The minimum Gasteiger partial charge on any atom is -0.487 e. The number of rotatable bonds is 4. The second kappa shape index (κ2) is 8.49. The lowest BCUT2D eigenvalue weighted by Gasteiger charge is -2.36. The van der Waals surface area contributed by atoms with Crippen LogP contribution in [0, 0.1) is 29.9 Å². The van der Waals surface area contributed by atoms with Gasteiger partial charge in [0.25, 0.3) is 0 Å². The van der Waals surface area contributed by atoms with Crippen LogP contribution in [0.2, 0.25) is 0 Å². The molecule has 0 aromatic heterocycles. The van der Waals surface area contributed by atoms with Crippen molar-refractivity contribution in [3.05, 3.63) is 35.2 Å². The summed E-state index contributed by atoms with van der Waals surface area (Å²) in [5.41, 5.74) is 1.49. The number of hydrogen-bond acceptors (Lipinski definition) is 1. The van der Waals surface area contributed by atoms with E-state index in [2.05, 4.69) is 13.3 Å². The quantitative estimate of drug-likeness (QED) is 0.544. The first-order valence-corrected chi connectivity index (χ1v) is 11.2. The zero-order valence-corrected chi connectivity index (χ0v) is 16.6. The summed E-state index contributed by atoms with van der Waals surface area (Å²) >= 11 is 0. The summed E-state index contributed by atoms with van der Waals surface area (Å²) in [5, 5.41) is 0. The number of ether oxygens (including phenoxy) is 1. The van der Waals surface area contributed by atoms with Gasteiger partial charge in [-0.1, -0.05) is 13.3 Å². The van der Waals surface area contributed by atoms with Crippen LogP contribution in [-0.2, 0) is 6.42 Å². The molecular formula is C24H33F2O. The molecule has 4 rings (SSSR count). The van der Waals surface area contributed by atoms with Gasteiger partial charge in [0.2, 0.25) is 5.82 Å². The maximum Gasteiger partial charge on any atom is 0.201 e. The maximum absolute atomic E-state index is 14.9. The van der Waals surface area contributed by atoms with Crippen molar-refractivity contribution in [3.63, 3.8) is 0 Å². The third-order valence-corrected chi connectivity index (χ3v) is 7.26. The molecule has 1 radical (unpaired) electrons. The van der Waals surface area contributed by atoms with Crippen LogP contribution in [0.15, 0.2) is 6.07 Å². The third-order valence-electron chi connectivity index (χ3n) is 7.26. The van der Waals surface area contributed by atoms with Crippen LogP contribution in [0.25, 0.3) is 0 Å². The van der Waals surface area contributed by atoms with Crippen molar-refractivity contribution in [2.45, 2.75) is 96.0 Å². The summed E-state index contributed by atoms with van der Waals surface area (Å²) in [6, 6.07) is 1.93. The Labute approximate surface area is 162 Å². The molecular weight excluding hydrogens is 342 g/mol. The van der Waals surface area contributed by atoms with E-state index in [0.717, 1.165) is 55.9 Å². The lowest BCUT2D eigenvalue weighted by Crippen LogP contribution is -2.25. The van der Waals surface area contributed by atoms with E-state index in [4.69, 9.17) is 4.74 Å². The zero-order chi connectivity index (χ0) is 18.8. The predicted molar refractivity (Wildman–Crippen MR) is 105 cm³/mol. The van der Waals surface area contributed by atoms with Crippen molar-refractivity contribution in [2.24, 2.45) is 11.8 Å². The molecule has 0 spiro atoms. The highest BCUT2D eigenvalue weighted by atomic mass is 19.2. The molecule has 1 nitrogen and oxygen atoms in total. The van der Waals surface area contributed by atoms with Crippen LogP contribution in [0.5, 0.6) is 5.75 Å². The van der Waals surface area contributed by atoms with Crippen LogP contribution in [0.1, 0.15) is 94.6 Å². The summed E-state index contributed by atoms with van der Waals surface area (Å²) in [6.45, 7) is 2.10. The molecule has 1 aromatic carbocycles. The Bertz CT molecular complexity index is 642. The van der Waals surface area contributed by atoms with Crippen molar-refractivity contribution < 1.29 is 13.5 Å². The van der Waals surface area contributed by atoms with Gasteiger partial charge in [-0.2, -0.15) is 4.39 Å². The molecule has 0 amide bonds. The molecule has 0 bridgehead atoms. The average Bonchev–Trinajstić information content (AvgIpc) is 2.72. The summed E-state index contributed by atoms with van der Waals surface area (Å²) in [4.78, 5) is 0. The number of benzene rings is 1. The fourth-order valence-corrected chi connectivity index (χ4v) is 5.69. The Morgan fingerprint density at radius 2 is 1.63 bits per heavy atom. The van der Waals surface area contributed by atoms with E-state index in [0.29, 0.717) is 5.56 Å². The standard InChI is InChI=1S/C24H33F2O/c1-2-6-20-14-13-19-15-21(22(25)23(26)24(19)27-20)18-11-9-17(10-12-18)16-7-4-3-5-8-16/h3,15-18,20H,2,4-14H2,1H3. The molecule has 0 N–H and O–H groups in total. The van der Waals surface area contributed by atoms with Crippen LogP contribution in [0.3, 0.4) is 0 Å². The van der Waals surface area contributed by atoms with Gasteiger partial charge in [0.05, 0.1) is 6.10 Å². The Morgan fingerprint density at radius 1 is 0.926 bits per heavy atom. The molecule has 2 saturated carbocycles. The van der Waals surface area contributed by atoms with Gasteiger partial charge in [-0.15, -0.1) is 0 Å². The maximum atomic E-state index is 14.9. The highest BCUT2D eigenvalue weighted by Gasteiger charge is 2.33. The van der Waals surface area contributed by atoms with Gasteiger partial charge in [-0.3, -0.25) is 0 Å². The Hall–Kier alpha value is -1.12. The van der Waals surface area contributed by atoms with Crippen LogP contribution < -0.4 is 4.74 Å². The largest absolute Gasteiger partial charge is 0.487 e. The molecule has 1 atom stereocenters. The highest BCUT2D eigenvalue weighted by Crippen LogP contribution is 2.45. The smallest absolute Gasteiger partial charge is 0.201 e. The van der Waals surface area contributed by atoms with Crippen LogP contribution in [-0.4, -0.2) is 6.10 Å². The van der Waals surface area contributed by atoms with Crippen molar-refractivity contribution in [1.29, 1.82) is 0 Å². The van der Waals surface area contributed by atoms with E-state index >= 15 is 0 Å². The molecule has 3 heteroatoms. The predicted octanol–water partition coefficient (Wildman–Crippen LogP) is 7.13. The second-order valence-electron chi connectivity index (χ2n) is 8.96. The zero-order valence-electron chi connectivity index (χ0n) is 16.6. The average molecular weight is 376 g/mol. The van der Waals surface area contributed by atoms with Crippen molar-refractivity contribution in [3.8, 4) is 5.75 Å². The van der Waals surface area contributed by atoms with Gasteiger partial charge < -0.3 is 4.74 Å². The van der Waals surface area contributed by atoms with E-state index in [-0.39, 0.29) is 17.8 Å². The fourth-order valence-electron chi connectivity index (χ4n) is 5.69. The van der Waals surface area contributed by atoms with E-state index < -0.39 is 11.6 Å². The van der Waals surface area contributed by atoms with Gasteiger partial charge in [-0.05, 0) is 112 Å². The molecule has 27 heavy (non-hydrogen) atoms. The van der Waals surface area contributed by atoms with Crippen molar-refractivity contribution in [2.75, 3.05) is 0 Å². The number of hydrogen-bond donors (Lipinski definition) is 0. The lowest BCUT2D eigenvalue weighted by atomic mass is 9.69. The lowest BCUT2D eigenvalue weighted by molar-refractivity contribution is 0.152. The van der Waals surface area contributed by atoms with Gasteiger partial charge in [-0.25, -0.2) is 4.39 Å². The molecule has 1 unspecified atom stereocenters. The first-order chi connectivity index (χ1) is 13.2. The Kier molecular flexibility index (Phi) is 6.04. The van der Waals surface area contributed by atoms with Crippen molar-refractivity contribution in [1.82, 2.24) is 0 Å².